The number of nitrogens with one attached hydrogen (secondary N) is 1. The van der Waals surface area contributed by atoms with Crippen molar-refractivity contribution in [3.05, 3.63) is 24.8 Å². The first-order valence-corrected chi connectivity index (χ1v) is 29.3. The highest BCUT2D eigenvalue weighted by atomic mass is 32.2. The van der Waals surface area contributed by atoms with Gasteiger partial charge < -0.3 is 43.9 Å². The molecule has 86 heavy (non-hydrogen) atoms. The minimum absolute atomic E-state index is 0.0158. The fourth-order valence-electron chi connectivity index (χ4n) is 9.46. The summed E-state index contributed by atoms with van der Waals surface area (Å²) in [6.45, 7) is 14.1. The van der Waals surface area contributed by atoms with Crippen LogP contribution in [0.5, 0.6) is 0 Å². The van der Waals surface area contributed by atoms with Crippen LogP contribution in [-0.2, 0) is 42.1 Å². The summed E-state index contributed by atoms with van der Waals surface area (Å²) in [6.07, 6.45) is -3.70. The summed E-state index contributed by atoms with van der Waals surface area (Å²) >= 11 is 0. The normalized spacial score (nSPS) is 17.0. The van der Waals surface area contributed by atoms with E-state index in [4.69, 9.17) is 28.9 Å². The van der Waals surface area contributed by atoms with Crippen LogP contribution < -0.4 is 34.7 Å². The van der Waals surface area contributed by atoms with Crippen molar-refractivity contribution in [1.82, 2.24) is 68.6 Å². The molecule has 4 aliphatic rings. The van der Waals surface area contributed by atoms with Gasteiger partial charge in [-0.2, -0.15) is 30.6 Å². The van der Waals surface area contributed by atoms with Crippen LogP contribution in [0.1, 0.15) is 41.5 Å². The van der Waals surface area contributed by atoms with Crippen molar-refractivity contribution in [2.24, 2.45) is 0 Å². The molecule has 10 heterocycles. The van der Waals surface area contributed by atoms with Gasteiger partial charge in [-0.15, -0.1) is 0 Å². The first-order chi connectivity index (χ1) is 40.4. The minimum Gasteiger partial charge on any atom is -0.443 e. The number of ether oxygens (including phenoxy) is 4. The molecule has 4 fully saturated rings. The van der Waals surface area contributed by atoms with Gasteiger partial charge in [-0.25, -0.2) is 77.6 Å². The van der Waals surface area contributed by atoms with Crippen molar-refractivity contribution in [2.45, 2.75) is 78.2 Å². The van der Waals surface area contributed by atoms with Crippen molar-refractivity contribution < 1.29 is 63.3 Å². The molecule has 468 valence electrons. The first kappa shape index (κ1) is 62.9. The molecule has 6 aromatic heterocycles. The van der Waals surface area contributed by atoms with Crippen LogP contribution >= 0.6 is 0 Å². The lowest BCUT2D eigenvalue weighted by Crippen LogP contribution is -2.49. The number of halogens is 6. The monoisotopic (exact) mass is 1230 g/mol. The number of carbonyl (C=O) groups is 2. The van der Waals surface area contributed by atoms with Gasteiger partial charge in [0.05, 0.1) is 43.8 Å². The lowest BCUT2D eigenvalue weighted by Gasteiger charge is -2.34. The minimum atomic E-state index is -4.61. The number of fused-ring (bicyclic) bond motifs is 2. The Bertz CT molecular complexity index is 3480. The number of rotatable bonds is 11. The molecule has 35 heteroatoms. The van der Waals surface area contributed by atoms with Gasteiger partial charge in [0.1, 0.15) is 24.3 Å². The van der Waals surface area contributed by atoms with E-state index in [1.165, 1.54) is 43.2 Å². The predicted molar refractivity (Wildman–Crippen MR) is 304 cm³/mol. The molecule has 1 N–H and O–H groups in total. The summed E-state index contributed by atoms with van der Waals surface area (Å²) in [7, 11) is -0.521. The molecule has 6 aromatic rings. The lowest BCUT2D eigenvalue weighted by molar-refractivity contribution is -0.140. The van der Waals surface area contributed by atoms with Gasteiger partial charge in [-0.1, -0.05) is 0 Å². The molecule has 2 amide bonds. The van der Waals surface area contributed by atoms with Gasteiger partial charge in [0, 0.05) is 117 Å². The third-order valence-corrected chi connectivity index (χ3v) is 14.8. The number of aromatic nitrogens is 12. The highest BCUT2D eigenvalue weighted by molar-refractivity contribution is 7.88. The van der Waals surface area contributed by atoms with Gasteiger partial charge in [0.15, 0.2) is 45.6 Å². The summed E-state index contributed by atoms with van der Waals surface area (Å²) in [4.78, 5) is 79.4. The van der Waals surface area contributed by atoms with E-state index in [1.54, 1.807) is 46.4 Å². The molecule has 0 saturated carbocycles. The Labute approximate surface area is 490 Å². The number of hydrogen-bond acceptors (Lipinski definition) is 23. The van der Waals surface area contributed by atoms with Crippen LogP contribution in [0.4, 0.5) is 71.4 Å². The molecular formula is C51H68F6N20O8S. The predicted octanol–water partition coefficient (Wildman–Crippen LogP) is 4.60. The Morgan fingerprint density at radius 3 is 1.24 bits per heavy atom. The number of hydrogen-bond donors (Lipinski definition) is 1. The maximum absolute atomic E-state index is 14.0. The van der Waals surface area contributed by atoms with Crippen LogP contribution in [0.15, 0.2) is 24.8 Å². The van der Waals surface area contributed by atoms with Gasteiger partial charge in [-0.05, 0) is 41.5 Å². The zero-order valence-corrected chi connectivity index (χ0v) is 49.8. The number of sulfonamides is 1. The van der Waals surface area contributed by atoms with Crippen molar-refractivity contribution in [1.29, 1.82) is 0 Å². The topological polar surface area (TPSA) is 279 Å². The van der Waals surface area contributed by atoms with E-state index in [2.05, 4.69) is 45.2 Å². The second-order valence-electron chi connectivity index (χ2n) is 22.5. The van der Waals surface area contributed by atoms with Crippen LogP contribution in [0.3, 0.4) is 0 Å². The molecule has 0 atom stereocenters. The Balaban J connectivity index is 0.000000206. The second kappa shape index (κ2) is 25.0. The number of amides is 2. The Morgan fingerprint density at radius 1 is 0.547 bits per heavy atom. The number of morpholine rings is 2. The number of piperazine rings is 2. The smallest absolute Gasteiger partial charge is 0.416 e. The van der Waals surface area contributed by atoms with E-state index >= 15 is 0 Å². The average molecular weight is 1240 g/mol. The number of anilines is 6. The van der Waals surface area contributed by atoms with Gasteiger partial charge in [-0.3, -0.25) is 9.13 Å². The Morgan fingerprint density at radius 2 is 0.907 bits per heavy atom. The molecule has 4 saturated heterocycles. The molecule has 0 aromatic carbocycles. The van der Waals surface area contributed by atoms with Crippen LogP contribution in [-0.4, -0.2) is 233 Å². The molecule has 0 unspecified atom stereocenters. The van der Waals surface area contributed by atoms with Crippen LogP contribution in [0.25, 0.3) is 45.1 Å². The van der Waals surface area contributed by atoms with E-state index in [1.807, 2.05) is 14.7 Å². The molecule has 10 rings (SSSR count). The zero-order valence-electron chi connectivity index (χ0n) is 49.0. The largest absolute Gasteiger partial charge is 0.443 e. The molecule has 0 radical (unpaired) electrons. The highest BCUT2D eigenvalue weighted by Crippen LogP contribution is 2.36. The maximum Gasteiger partial charge on any atom is 0.416 e. The fourth-order valence-corrected chi connectivity index (χ4v) is 10.3. The number of nitrogens with zero attached hydrogens (tertiary/aromatic N) is 19. The highest BCUT2D eigenvalue weighted by Gasteiger charge is 2.37. The number of carbonyl (C=O) groups excluding carboxylic acids is 2. The molecule has 28 nitrogen and oxygen atoms in total. The van der Waals surface area contributed by atoms with E-state index in [9.17, 15) is 44.3 Å². The maximum atomic E-state index is 14.0. The van der Waals surface area contributed by atoms with E-state index < -0.39 is 58.9 Å². The molecule has 0 spiro atoms. The third-order valence-electron chi connectivity index (χ3n) is 13.5. The first-order valence-electron chi connectivity index (χ1n) is 27.5. The SMILES string of the molecule is CN(C(=O)OC(C)(C)C)c1ncc(-c2nc(N3CCOCC3)c3nc(N4CCN(S(C)(=O)=O)CC4)n(CC(F)(F)F)c3n2)cn1.CN(C(=O)OC(C)(C)C)c1ncc(-c2nc(N3CCOCC3)c3nc(N4CCNCC4)n(CC(F)(F)F)c3n2)cn1. The summed E-state index contributed by atoms with van der Waals surface area (Å²) in [5, 5.41) is 3.21. The summed E-state index contributed by atoms with van der Waals surface area (Å²) in [5.41, 5.74) is -0.283. The number of alkyl halides is 6. The van der Waals surface area contributed by atoms with E-state index in [-0.39, 0.29) is 83.9 Å². The Hall–Kier alpha value is -7.63. The lowest BCUT2D eigenvalue weighted by atomic mass is 10.2. The second-order valence-corrected chi connectivity index (χ2v) is 24.5. The van der Waals surface area contributed by atoms with Gasteiger partial charge in [0.25, 0.3) is 0 Å². The van der Waals surface area contributed by atoms with E-state index in [0.717, 1.165) is 25.2 Å². The summed E-state index contributed by atoms with van der Waals surface area (Å²) < 4.78 is 133. The average Bonchev–Trinajstić information content (AvgIpc) is 1.62. The summed E-state index contributed by atoms with van der Waals surface area (Å²) in [5.74, 6) is 1.28. The fraction of sp³-hybridized carbons (Fsp3) is 0.608. The molecule has 0 aliphatic carbocycles. The van der Waals surface area contributed by atoms with E-state index in [0.29, 0.717) is 102 Å². The van der Waals surface area contributed by atoms with Crippen LogP contribution in [0, 0.1) is 0 Å². The van der Waals surface area contributed by atoms with Crippen LogP contribution in [0.2, 0.25) is 0 Å². The third kappa shape index (κ3) is 15.3. The van der Waals surface area contributed by atoms with Crippen molar-refractivity contribution in [3.8, 4) is 22.8 Å². The molecule has 4 aliphatic heterocycles. The van der Waals surface area contributed by atoms with Gasteiger partial charge in [0.2, 0.25) is 33.8 Å². The molecular weight excluding hydrogens is 1170 g/mol. The van der Waals surface area contributed by atoms with Gasteiger partial charge >= 0.3 is 24.5 Å². The quantitative estimate of drug-likeness (QED) is 0.174. The van der Waals surface area contributed by atoms with Crippen molar-refractivity contribution in [2.75, 3.05) is 155 Å². The number of imidazole rings is 2. The molecule has 0 bridgehead atoms. The summed E-state index contributed by atoms with van der Waals surface area (Å²) in [6, 6.07) is 0. The van der Waals surface area contributed by atoms with Crippen molar-refractivity contribution >= 4 is 80.0 Å². The Kier molecular flexibility index (Phi) is 18.3. The van der Waals surface area contributed by atoms with Crippen molar-refractivity contribution in [3.63, 3.8) is 0 Å². The standard InChI is InChI=1S/C26H35F3N10O5S.C25H33F3N10O3/c1-25(2,3)44-24(40)35(4)22-30-14-17(15-31-22)19-33-20(36-10-12-43-13-11-36)18-21(34-19)39(16-26(27,28)29)23(32-18)37-6-8-38(9-7-37)45(5,41)42;1-24(2,3)41-23(39)35(4)21-30-13-16(14-31-21)18-33-19(36-9-11-40-12-10-36)17-20(34-18)38(15-25(26,27)28)22(32-17)37-7-5-29-6-8-37/h14-15H,6-13,16H2,1-5H3;13-14,29H,5-12,15H2,1-4H3. The zero-order chi connectivity index (χ0) is 62.1.